The van der Waals surface area contributed by atoms with Gasteiger partial charge in [0.2, 0.25) is 5.91 Å². The highest BCUT2D eigenvalue weighted by atomic mass is 16.2. The number of amides is 2. The second-order valence-corrected chi connectivity index (χ2v) is 5.78. The van der Waals surface area contributed by atoms with Crippen LogP contribution in [0.25, 0.3) is 0 Å². The summed E-state index contributed by atoms with van der Waals surface area (Å²) in [5.74, 6) is 0.545. The maximum absolute atomic E-state index is 12.5. The number of carbonyl (C=O) groups is 2. The zero-order valence-electron chi connectivity index (χ0n) is 11.6. The van der Waals surface area contributed by atoms with Gasteiger partial charge in [-0.2, -0.15) is 0 Å². The molecule has 2 fully saturated rings. The van der Waals surface area contributed by atoms with Crippen LogP contribution in [0.5, 0.6) is 0 Å². The van der Waals surface area contributed by atoms with Crippen molar-refractivity contribution in [3.63, 3.8) is 0 Å². The molecule has 2 unspecified atom stereocenters. The van der Waals surface area contributed by atoms with Gasteiger partial charge >= 0.3 is 0 Å². The summed E-state index contributed by atoms with van der Waals surface area (Å²) in [5.41, 5.74) is 6.96. The molecule has 0 aliphatic carbocycles. The Morgan fingerprint density at radius 2 is 2.25 bits per heavy atom. The third-order valence-electron chi connectivity index (χ3n) is 4.35. The zero-order chi connectivity index (χ0) is 14.3. The molecule has 2 saturated heterocycles. The molecule has 2 aliphatic heterocycles. The van der Waals surface area contributed by atoms with Gasteiger partial charge in [-0.25, -0.2) is 0 Å². The molecule has 0 saturated carbocycles. The number of carbonyl (C=O) groups excluding carboxylic acids is 2. The third-order valence-corrected chi connectivity index (χ3v) is 4.35. The number of nitrogens with zero attached hydrogens (tertiary/aromatic N) is 2. The van der Waals surface area contributed by atoms with Crippen LogP contribution in [0.2, 0.25) is 0 Å². The van der Waals surface area contributed by atoms with Gasteiger partial charge in [-0.05, 0) is 24.8 Å². The Bertz CT molecular complexity index is 551. The molecule has 3 heterocycles. The smallest absolute Gasteiger partial charge is 0.270 e. The van der Waals surface area contributed by atoms with Crippen molar-refractivity contribution in [2.45, 2.75) is 25.3 Å². The lowest BCUT2D eigenvalue weighted by Crippen LogP contribution is -2.55. The van der Waals surface area contributed by atoms with Crippen molar-refractivity contribution < 1.29 is 9.59 Å². The van der Waals surface area contributed by atoms with Gasteiger partial charge in [-0.3, -0.25) is 9.59 Å². The monoisotopic (exact) mass is 276 g/mol. The molecule has 2 aliphatic rings. The second-order valence-electron chi connectivity index (χ2n) is 5.78. The molecular formula is C14H20N4O2. The number of nitrogens with two attached hydrogens (primary N) is 1. The lowest BCUT2D eigenvalue weighted by molar-refractivity contribution is -0.125. The first-order valence-corrected chi connectivity index (χ1v) is 7.05. The quantitative estimate of drug-likeness (QED) is 0.776. The molecule has 0 bridgehead atoms. The van der Waals surface area contributed by atoms with E-state index in [0.29, 0.717) is 30.3 Å². The molecule has 3 N–H and O–H groups in total. The fourth-order valence-electron chi connectivity index (χ4n) is 3.26. The maximum atomic E-state index is 12.5. The summed E-state index contributed by atoms with van der Waals surface area (Å²) in [4.78, 5) is 25.8. The van der Waals surface area contributed by atoms with E-state index in [-0.39, 0.29) is 17.9 Å². The minimum Gasteiger partial charge on any atom is -0.397 e. The summed E-state index contributed by atoms with van der Waals surface area (Å²) in [5, 5.41) is 3.03. The number of hydrogen-bond acceptors (Lipinski definition) is 3. The van der Waals surface area contributed by atoms with Crippen LogP contribution in [-0.4, -0.2) is 40.4 Å². The van der Waals surface area contributed by atoms with Crippen molar-refractivity contribution in [2.24, 2.45) is 13.0 Å². The third kappa shape index (κ3) is 2.26. The lowest BCUT2D eigenvalue weighted by Gasteiger charge is -2.41. The number of aryl methyl sites for hydroxylation is 1. The Kier molecular flexibility index (Phi) is 3.16. The first-order chi connectivity index (χ1) is 9.54. The van der Waals surface area contributed by atoms with Crippen LogP contribution in [0.4, 0.5) is 5.69 Å². The lowest BCUT2D eigenvalue weighted by atomic mass is 9.85. The summed E-state index contributed by atoms with van der Waals surface area (Å²) in [6.45, 7) is 1.40. The topological polar surface area (TPSA) is 80.4 Å². The Labute approximate surface area is 117 Å². The van der Waals surface area contributed by atoms with Crippen molar-refractivity contribution in [2.75, 3.05) is 18.8 Å². The molecule has 108 valence electrons. The van der Waals surface area contributed by atoms with E-state index < -0.39 is 0 Å². The van der Waals surface area contributed by atoms with Crippen LogP contribution in [0.15, 0.2) is 12.3 Å². The van der Waals surface area contributed by atoms with Gasteiger partial charge in [0.25, 0.3) is 5.91 Å². The van der Waals surface area contributed by atoms with E-state index in [1.165, 1.54) is 0 Å². The highest BCUT2D eigenvalue weighted by Gasteiger charge is 2.35. The van der Waals surface area contributed by atoms with Crippen LogP contribution in [-0.2, 0) is 11.8 Å². The zero-order valence-corrected chi connectivity index (χ0v) is 11.6. The Morgan fingerprint density at radius 1 is 1.45 bits per heavy atom. The summed E-state index contributed by atoms with van der Waals surface area (Å²) < 4.78 is 1.77. The minimum atomic E-state index is 0.0274. The molecule has 6 nitrogen and oxygen atoms in total. The Hall–Kier alpha value is -1.98. The van der Waals surface area contributed by atoms with Crippen molar-refractivity contribution in [1.82, 2.24) is 14.8 Å². The predicted octanol–water partition coefficient (Wildman–Crippen LogP) is 0.348. The number of fused-ring (bicyclic) bond motifs is 1. The molecule has 3 rings (SSSR count). The van der Waals surface area contributed by atoms with Crippen molar-refractivity contribution in [3.8, 4) is 0 Å². The second kappa shape index (κ2) is 4.85. The predicted molar refractivity (Wildman–Crippen MR) is 75.0 cm³/mol. The fourth-order valence-corrected chi connectivity index (χ4v) is 3.26. The number of piperidine rings is 2. The van der Waals surface area contributed by atoms with Gasteiger partial charge in [-0.1, -0.05) is 0 Å². The van der Waals surface area contributed by atoms with Crippen LogP contribution in [0.1, 0.15) is 29.8 Å². The number of anilines is 1. The largest absolute Gasteiger partial charge is 0.397 e. The van der Waals surface area contributed by atoms with Crippen LogP contribution < -0.4 is 11.1 Å². The van der Waals surface area contributed by atoms with Gasteiger partial charge in [0.15, 0.2) is 0 Å². The molecule has 0 spiro atoms. The van der Waals surface area contributed by atoms with Crippen LogP contribution in [0, 0.1) is 5.92 Å². The van der Waals surface area contributed by atoms with E-state index in [0.717, 1.165) is 19.4 Å². The Morgan fingerprint density at radius 3 is 2.95 bits per heavy atom. The normalized spacial score (nSPS) is 26.1. The van der Waals surface area contributed by atoms with Gasteiger partial charge in [-0.15, -0.1) is 0 Å². The number of nitrogens with one attached hydrogen (secondary N) is 1. The van der Waals surface area contributed by atoms with E-state index in [4.69, 9.17) is 5.73 Å². The van der Waals surface area contributed by atoms with Crippen molar-refractivity contribution >= 4 is 17.5 Å². The summed E-state index contributed by atoms with van der Waals surface area (Å²) in [6.07, 6.45) is 4.03. The van der Waals surface area contributed by atoms with Gasteiger partial charge in [0.1, 0.15) is 5.69 Å². The first kappa shape index (κ1) is 13.0. The number of aromatic nitrogens is 1. The fraction of sp³-hybridized carbons (Fsp3) is 0.571. The number of nitrogen functional groups attached to an aromatic ring is 1. The van der Waals surface area contributed by atoms with E-state index >= 15 is 0 Å². The number of likely N-dealkylation sites (tertiary alicyclic amines) is 1. The molecule has 20 heavy (non-hydrogen) atoms. The van der Waals surface area contributed by atoms with Crippen molar-refractivity contribution in [3.05, 3.63) is 18.0 Å². The summed E-state index contributed by atoms with van der Waals surface area (Å²) in [6, 6.07) is 1.95. The van der Waals surface area contributed by atoms with Crippen LogP contribution >= 0.6 is 0 Å². The molecule has 0 radical (unpaired) electrons. The van der Waals surface area contributed by atoms with E-state index in [2.05, 4.69) is 5.32 Å². The molecule has 2 atom stereocenters. The van der Waals surface area contributed by atoms with Gasteiger partial charge < -0.3 is 20.5 Å². The molecule has 0 aromatic carbocycles. The molecule has 6 heteroatoms. The maximum Gasteiger partial charge on any atom is 0.270 e. The van der Waals surface area contributed by atoms with Crippen molar-refractivity contribution in [1.29, 1.82) is 0 Å². The van der Waals surface area contributed by atoms with E-state index in [9.17, 15) is 9.59 Å². The average Bonchev–Trinajstić information content (AvgIpc) is 2.76. The average molecular weight is 276 g/mol. The Balaban J connectivity index is 1.71. The molecular weight excluding hydrogens is 256 g/mol. The molecule has 1 aromatic rings. The van der Waals surface area contributed by atoms with E-state index in [1.54, 1.807) is 16.8 Å². The van der Waals surface area contributed by atoms with E-state index in [1.807, 2.05) is 11.9 Å². The first-order valence-electron chi connectivity index (χ1n) is 7.05. The number of rotatable bonds is 1. The standard InChI is InChI=1S/C14H20N4O2/c1-17-8-10(15)6-12(17)14(20)18-5-4-11-9(7-18)2-3-13(19)16-11/h6,8-9,11H,2-5,7,15H2,1H3,(H,16,19). The van der Waals surface area contributed by atoms with Gasteiger partial charge in [0.05, 0.1) is 5.69 Å². The highest BCUT2D eigenvalue weighted by molar-refractivity contribution is 5.94. The summed E-state index contributed by atoms with van der Waals surface area (Å²) in [7, 11) is 1.83. The highest BCUT2D eigenvalue weighted by Crippen LogP contribution is 2.26. The van der Waals surface area contributed by atoms with Crippen LogP contribution in [0.3, 0.4) is 0 Å². The summed E-state index contributed by atoms with van der Waals surface area (Å²) >= 11 is 0. The SMILES string of the molecule is Cn1cc(N)cc1C(=O)N1CCC2NC(=O)CCC2C1. The molecule has 1 aromatic heterocycles. The molecule has 2 amide bonds. The number of hydrogen-bond donors (Lipinski definition) is 2. The minimum absolute atomic E-state index is 0.0274. The van der Waals surface area contributed by atoms with Gasteiger partial charge in [0, 0.05) is 38.8 Å².